The number of hydrogen-bond acceptors (Lipinski definition) is 3. The van der Waals surface area contributed by atoms with E-state index < -0.39 is 0 Å². The molecule has 13 heavy (non-hydrogen) atoms. The van der Waals surface area contributed by atoms with Gasteiger partial charge in [0.1, 0.15) is 0 Å². The molecule has 1 aromatic rings. The van der Waals surface area contributed by atoms with Crippen LogP contribution in [0.25, 0.3) is 0 Å². The van der Waals surface area contributed by atoms with E-state index in [0.717, 1.165) is 18.7 Å². The molecule has 0 unspecified atom stereocenters. The highest BCUT2D eigenvalue weighted by Gasteiger charge is 2.14. The minimum Gasteiger partial charge on any atom is -0.399 e. The Bertz CT molecular complexity index is 265. The van der Waals surface area contributed by atoms with E-state index in [-0.39, 0.29) is 0 Å². The molecule has 0 aliphatic carbocycles. The van der Waals surface area contributed by atoms with Crippen molar-refractivity contribution in [2.75, 3.05) is 19.1 Å². The van der Waals surface area contributed by atoms with Crippen LogP contribution in [0.4, 0.5) is 5.69 Å². The van der Waals surface area contributed by atoms with E-state index in [2.05, 4.69) is 17.4 Å². The fourth-order valence-corrected chi connectivity index (χ4v) is 1.51. The van der Waals surface area contributed by atoms with Crippen molar-refractivity contribution >= 4 is 5.69 Å². The molecule has 0 amide bonds. The zero-order valence-corrected chi connectivity index (χ0v) is 7.49. The fraction of sp³-hybridized carbons (Fsp3) is 0.400. The summed E-state index contributed by atoms with van der Waals surface area (Å²) in [5, 5.41) is 3.27. The molecule has 1 aliphatic rings. The molecule has 1 fully saturated rings. The quantitative estimate of drug-likeness (QED) is 0.657. The van der Waals surface area contributed by atoms with Gasteiger partial charge in [-0.05, 0) is 24.1 Å². The molecule has 2 rings (SSSR count). The molecule has 3 N–H and O–H groups in total. The van der Waals surface area contributed by atoms with Gasteiger partial charge in [-0.25, -0.2) is 0 Å². The van der Waals surface area contributed by atoms with Gasteiger partial charge in [0, 0.05) is 11.7 Å². The van der Waals surface area contributed by atoms with Crippen molar-refractivity contribution in [2.45, 2.75) is 12.5 Å². The zero-order chi connectivity index (χ0) is 9.10. The van der Waals surface area contributed by atoms with Crippen LogP contribution < -0.4 is 11.1 Å². The Labute approximate surface area is 77.9 Å². The summed E-state index contributed by atoms with van der Waals surface area (Å²) >= 11 is 0. The average Bonchev–Trinajstić information content (AvgIpc) is 2.62. The highest BCUT2D eigenvalue weighted by Crippen LogP contribution is 2.09. The Kier molecular flexibility index (Phi) is 2.47. The van der Waals surface area contributed by atoms with Crippen molar-refractivity contribution in [3.05, 3.63) is 29.8 Å². The molecule has 1 aromatic carbocycles. The van der Waals surface area contributed by atoms with Gasteiger partial charge in [-0.3, -0.25) is 5.32 Å². The number of nitrogens with one attached hydrogen (secondary N) is 1. The Morgan fingerprint density at radius 1 is 1.38 bits per heavy atom. The standard InChI is InChI=1S/C10H14N2O/c11-9-3-1-8(2-4-9)5-10-6-13-7-12-10/h1-4,10,12H,5-7,11H2/t10-/m0/s1. The molecule has 1 heterocycles. The van der Waals surface area contributed by atoms with Crippen molar-refractivity contribution in [2.24, 2.45) is 0 Å². The van der Waals surface area contributed by atoms with E-state index in [0.29, 0.717) is 12.8 Å². The number of nitrogen functional groups attached to an aromatic ring is 1. The molecule has 0 aromatic heterocycles. The second-order valence-electron chi connectivity index (χ2n) is 3.36. The first-order valence-corrected chi connectivity index (χ1v) is 4.50. The summed E-state index contributed by atoms with van der Waals surface area (Å²) in [7, 11) is 0. The maximum Gasteiger partial charge on any atom is 0.0969 e. The minimum atomic E-state index is 0.462. The molecule has 1 aliphatic heterocycles. The molecule has 3 nitrogen and oxygen atoms in total. The van der Waals surface area contributed by atoms with Crippen molar-refractivity contribution in [1.82, 2.24) is 5.32 Å². The summed E-state index contributed by atoms with van der Waals surface area (Å²) in [6, 6.07) is 8.46. The first kappa shape index (κ1) is 8.53. The Morgan fingerprint density at radius 2 is 2.15 bits per heavy atom. The predicted octanol–water partition coefficient (Wildman–Crippen LogP) is 0.757. The number of benzene rings is 1. The molecule has 1 atom stereocenters. The maximum absolute atomic E-state index is 5.59. The van der Waals surface area contributed by atoms with Crippen molar-refractivity contribution < 1.29 is 4.74 Å². The summed E-state index contributed by atoms with van der Waals surface area (Å²) in [4.78, 5) is 0. The Balaban J connectivity index is 1.97. The molecular weight excluding hydrogens is 164 g/mol. The average molecular weight is 178 g/mol. The molecule has 0 bridgehead atoms. The van der Waals surface area contributed by atoms with Crippen LogP contribution in [0.1, 0.15) is 5.56 Å². The summed E-state index contributed by atoms with van der Waals surface area (Å²) < 4.78 is 5.22. The van der Waals surface area contributed by atoms with E-state index in [1.165, 1.54) is 5.56 Å². The van der Waals surface area contributed by atoms with Gasteiger partial charge in [-0.1, -0.05) is 12.1 Å². The Morgan fingerprint density at radius 3 is 2.77 bits per heavy atom. The third kappa shape index (κ3) is 2.20. The number of ether oxygens (including phenoxy) is 1. The molecule has 0 radical (unpaired) electrons. The number of hydrogen-bond donors (Lipinski definition) is 2. The van der Waals surface area contributed by atoms with Crippen LogP contribution >= 0.6 is 0 Å². The normalized spacial score (nSPS) is 22.0. The third-order valence-corrected chi connectivity index (χ3v) is 2.25. The van der Waals surface area contributed by atoms with Crippen molar-refractivity contribution in [3.63, 3.8) is 0 Å². The lowest BCUT2D eigenvalue weighted by Crippen LogP contribution is -2.25. The molecule has 1 saturated heterocycles. The first-order chi connectivity index (χ1) is 6.34. The number of anilines is 1. The number of nitrogens with two attached hydrogens (primary N) is 1. The van der Waals surface area contributed by atoms with E-state index in [9.17, 15) is 0 Å². The monoisotopic (exact) mass is 178 g/mol. The van der Waals surface area contributed by atoms with Gasteiger partial charge in [-0.2, -0.15) is 0 Å². The smallest absolute Gasteiger partial charge is 0.0969 e. The first-order valence-electron chi connectivity index (χ1n) is 4.50. The summed E-state index contributed by atoms with van der Waals surface area (Å²) in [6.45, 7) is 1.49. The Hall–Kier alpha value is -1.06. The van der Waals surface area contributed by atoms with Crippen molar-refractivity contribution in [1.29, 1.82) is 0 Å². The second-order valence-corrected chi connectivity index (χ2v) is 3.36. The highest BCUT2D eigenvalue weighted by molar-refractivity contribution is 5.39. The van der Waals surface area contributed by atoms with Gasteiger partial charge in [0.2, 0.25) is 0 Å². The lowest BCUT2D eigenvalue weighted by Gasteiger charge is -2.07. The third-order valence-electron chi connectivity index (χ3n) is 2.25. The summed E-state index contributed by atoms with van der Waals surface area (Å²) in [5.41, 5.74) is 7.72. The SMILES string of the molecule is Nc1ccc(C[C@H]2COCN2)cc1. The highest BCUT2D eigenvalue weighted by atomic mass is 16.5. The van der Waals surface area contributed by atoms with Gasteiger partial charge in [-0.15, -0.1) is 0 Å². The lowest BCUT2D eigenvalue weighted by atomic mass is 10.1. The van der Waals surface area contributed by atoms with Crippen molar-refractivity contribution in [3.8, 4) is 0 Å². The molecule has 0 saturated carbocycles. The summed E-state index contributed by atoms with van der Waals surface area (Å²) in [5.74, 6) is 0. The van der Waals surface area contributed by atoms with Gasteiger partial charge in [0.25, 0.3) is 0 Å². The fourth-order valence-electron chi connectivity index (χ4n) is 1.51. The van der Waals surface area contributed by atoms with Crippen LogP contribution in [-0.4, -0.2) is 19.4 Å². The van der Waals surface area contributed by atoms with E-state index in [1.54, 1.807) is 0 Å². The van der Waals surface area contributed by atoms with Crippen LogP contribution in [-0.2, 0) is 11.2 Å². The molecule has 3 heteroatoms. The number of rotatable bonds is 2. The van der Waals surface area contributed by atoms with Crippen LogP contribution in [0.3, 0.4) is 0 Å². The second kappa shape index (κ2) is 3.77. The maximum atomic E-state index is 5.59. The van der Waals surface area contributed by atoms with Gasteiger partial charge in [0.15, 0.2) is 0 Å². The van der Waals surface area contributed by atoms with E-state index in [4.69, 9.17) is 10.5 Å². The zero-order valence-electron chi connectivity index (χ0n) is 7.49. The molecule has 0 spiro atoms. The van der Waals surface area contributed by atoms with Gasteiger partial charge < -0.3 is 10.5 Å². The van der Waals surface area contributed by atoms with Crippen LogP contribution in [0.15, 0.2) is 24.3 Å². The lowest BCUT2D eigenvalue weighted by molar-refractivity contribution is 0.189. The van der Waals surface area contributed by atoms with Gasteiger partial charge >= 0.3 is 0 Å². The van der Waals surface area contributed by atoms with E-state index >= 15 is 0 Å². The van der Waals surface area contributed by atoms with Crippen LogP contribution in [0.5, 0.6) is 0 Å². The largest absolute Gasteiger partial charge is 0.399 e. The minimum absolute atomic E-state index is 0.462. The summed E-state index contributed by atoms with van der Waals surface area (Å²) in [6.07, 6.45) is 1.01. The molecule has 70 valence electrons. The molecular formula is C10H14N2O. The van der Waals surface area contributed by atoms with Crippen LogP contribution in [0, 0.1) is 0 Å². The van der Waals surface area contributed by atoms with Crippen LogP contribution in [0.2, 0.25) is 0 Å². The van der Waals surface area contributed by atoms with E-state index in [1.807, 2.05) is 12.1 Å². The predicted molar refractivity (Wildman–Crippen MR) is 52.3 cm³/mol. The topological polar surface area (TPSA) is 47.3 Å². The van der Waals surface area contributed by atoms with Gasteiger partial charge in [0.05, 0.1) is 13.3 Å².